The maximum Gasteiger partial charge on any atom is 0.0900 e. The van der Waals surface area contributed by atoms with Crippen LogP contribution in [0.1, 0.15) is 20.3 Å². The Morgan fingerprint density at radius 1 is 0.825 bits per heavy atom. The summed E-state index contributed by atoms with van der Waals surface area (Å²) >= 11 is 25.2. The molecule has 5 nitrogen and oxygen atoms in total. The highest BCUT2D eigenvalue weighted by molar-refractivity contribution is 6.42. The molecule has 3 aromatic carbocycles. The van der Waals surface area contributed by atoms with E-state index in [2.05, 4.69) is 34.7 Å². The van der Waals surface area contributed by atoms with Crippen LogP contribution >= 0.6 is 46.4 Å². The van der Waals surface area contributed by atoms with Gasteiger partial charge in [0.05, 0.1) is 53.6 Å². The number of nitrogens with zero attached hydrogens (tertiary/aromatic N) is 4. The molecule has 1 aliphatic carbocycles. The third kappa shape index (κ3) is 6.24. The highest BCUT2D eigenvalue weighted by Gasteiger charge is 2.17. The SMILES string of the molecule is CCN(CC)CCCN=c1cc2n(-c3ccc(Cl)c(Cl)c3)c3ccccc3nc-2cc1Nc1ccc(Cl)c(Cl)c1. The molecular formula is C31H29Cl4N5. The maximum absolute atomic E-state index is 6.46. The van der Waals surface area contributed by atoms with Gasteiger partial charge in [0.25, 0.3) is 0 Å². The Kier molecular flexibility index (Phi) is 9.19. The van der Waals surface area contributed by atoms with E-state index in [-0.39, 0.29) is 0 Å². The molecule has 0 bridgehead atoms. The third-order valence-electron chi connectivity index (χ3n) is 6.87. The summed E-state index contributed by atoms with van der Waals surface area (Å²) in [5, 5.41) is 6.29. The quantitative estimate of drug-likeness (QED) is 0.133. The van der Waals surface area contributed by atoms with Crippen molar-refractivity contribution in [3.8, 4) is 17.1 Å². The zero-order valence-electron chi connectivity index (χ0n) is 22.3. The van der Waals surface area contributed by atoms with E-state index in [0.29, 0.717) is 26.6 Å². The van der Waals surface area contributed by atoms with E-state index in [1.165, 1.54) is 0 Å². The number of benzene rings is 4. The second-order valence-electron chi connectivity index (χ2n) is 9.41. The third-order valence-corrected chi connectivity index (χ3v) is 8.34. The lowest BCUT2D eigenvalue weighted by Crippen LogP contribution is -2.24. The molecule has 0 radical (unpaired) electrons. The van der Waals surface area contributed by atoms with Crippen molar-refractivity contribution in [2.24, 2.45) is 4.99 Å². The summed E-state index contributed by atoms with van der Waals surface area (Å²) in [6, 6.07) is 23.3. The summed E-state index contributed by atoms with van der Waals surface area (Å²) in [6.45, 7) is 8.10. The molecule has 0 unspecified atom stereocenters. The number of hydrogen-bond acceptors (Lipinski definition) is 4. The first-order chi connectivity index (χ1) is 19.4. The molecular weight excluding hydrogens is 584 g/mol. The number of anilines is 2. The van der Waals surface area contributed by atoms with E-state index in [9.17, 15) is 0 Å². The van der Waals surface area contributed by atoms with Crippen LogP contribution in [0.4, 0.5) is 11.4 Å². The number of nitrogens with one attached hydrogen (secondary N) is 1. The van der Waals surface area contributed by atoms with Crippen molar-refractivity contribution in [2.75, 3.05) is 31.5 Å². The minimum atomic E-state index is 0.478. The van der Waals surface area contributed by atoms with Crippen molar-refractivity contribution in [2.45, 2.75) is 20.3 Å². The van der Waals surface area contributed by atoms with Gasteiger partial charge in [-0.2, -0.15) is 0 Å². The van der Waals surface area contributed by atoms with Gasteiger partial charge in [-0.3, -0.25) is 4.99 Å². The van der Waals surface area contributed by atoms with Gasteiger partial charge in [-0.05, 0) is 86.7 Å². The molecule has 0 saturated carbocycles. The average molecular weight is 613 g/mol. The summed E-state index contributed by atoms with van der Waals surface area (Å²) in [5.41, 5.74) is 6.03. The van der Waals surface area contributed by atoms with Crippen LogP contribution < -0.4 is 10.7 Å². The van der Waals surface area contributed by atoms with Gasteiger partial charge in [-0.25, -0.2) is 4.98 Å². The zero-order valence-corrected chi connectivity index (χ0v) is 25.3. The highest BCUT2D eigenvalue weighted by Crippen LogP contribution is 2.33. The van der Waals surface area contributed by atoms with Gasteiger partial charge in [0.15, 0.2) is 0 Å². The molecule has 0 saturated heterocycles. The fraction of sp³-hybridized carbons (Fsp3) is 0.226. The number of para-hydroxylation sites is 2. The van der Waals surface area contributed by atoms with Gasteiger partial charge < -0.3 is 14.8 Å². The Labute approximate surface area is 254 Å². The Morgan fingerprint density at radius 2 is 1.55 bits per heavy atom. The van der Waals surface area contributed by atoms with Crippen LogP contribution in [0.15, 0.2) is 77.8 Å². The van der Waals surface area contributed by atoms with Crippen LogP contribution in [0.2, 0.25) is 20.1 Å². The molecule has 1 heterocycles. The van der Waals surface area contributed by atoms with Crippen LogP contribution in [0.25, 0.3) is 28.1 Å². The lowest BCUT2D eigenvalue weighted by Gasteiger charge is -2.21. The predicted molar refractivity (Wildman–Crippen MR) is 170 cm³/mol. The summed E-state index contributed by atoms with van der Waals surface area (Å²) in [5.74, 6) is 0. The number of rotatable bonds is 9. The first kappa shape index (κ1) is 28.7. The second kappa shape index (κ2) is 12.8. The molecule has 0 spiro atoms. The maximum atomic E-state index is 6.46. The van der Waals surface area contributed by atoms with Gasteiger partial charge in [0, 0.05) is 17.9 Å². The summed E-state index contributed by atoms with van der Waals surface area (Å²) in [4.78, 5) is 12.5. The molecule has 1 aliphatic heterocycles. The van der Waals surface area contributed by atoms with Gasteiger partial charge >= 0.3 is 0 Å². The first-order valence-corrected chi connectivity index (χ1v) is 14.7. The topological polar surface area (TPSA) is 45.5 Å². The van der Waals surface area contributed by atoms with Gasteiger partial charge in [0.2, 0.25) is 0 Å². The van der Waals surface area contributed by atoms with Crippen LogP contribution in [-0.4, -0.2) is 40.6 Å². The van der Waals surface area contributed by atoms with Crippen molar-refractivity contribution in [1.29, 1.82) is 0 Å². The van der Waals surface area contributed by atoms with Crippen LogP contribution in [-0.2, 0) is 0 Å². The number of halogens is 4. The van der Waals surface area contributed by atoms with Gasteiger partial charge in [-0.15, -0.1) is 0 Å². The molecule has 0 amide bonds. The summed E-state index contributed by atoms with van der Waals surface area (Å²) in [6.07, 6.45) is 0.953. The molecule has 0 aromatic heterocycles. The predicted octanol–water partition coefficient (Wildman–Crippen LogP) is 9.12. The fourth-order valence-electron chi connectivity index (χ4n) is 4.74. The van der Waals surface area contributed by atoms with Crippen molar-refractivity contribution in [1.82, 2.24) is 14.5 Å². The lowest BCUT2D eigenvalue weighted by molar-refractivity contribution is 0.301. The molecule has 3 aromatic rings. The molecule has 2 aliphatic rings. The van der Waals surface area contributed by atoms with Crippen molar-refractivity contribution in [3.05, 3.63) is 98.2 Å². The Balaban J connectivity index is 1.70. The smallest absolute Gasteiger partial charge is 0.0900 e. The number of fused-ring (bicyclic) bond motifs is 2. The van der Waals surface area contributed by atoms with Crippen molar-refractivity contribution in [3.63, 3.8) is 0 Å². The van der Waals surface area contributed by atoms with Crippen molar-refractivity contribution < 1.29 is 0 Å². The normalized spacial score (nSPS) is 12.1. The Morgan fingerprint density at radius 3 is 2.27 bits per heavy atom. The standard InChI is InChI=1S/C31H29Cl4N5/c1-3-39(4-2)15-7-14-36-27-19-31-29(18-28(27)37-20-10-12-22(32)24(34)16-20)38-26-8-5-6-9-30(26)40(31)21-11-13-23(33)25(35)17-21/h5-6,8-13,16-19,37H,3-4,7,14-15H2,1-2H3. The van der Waals surface area contributed by atoms with E-state index in [1.807, 2.05) is 60.7 Å². The van der Waals surface area contributed by atoms with Crippen LogP contribution in [0.5, 0.6) is 0 Å². The average Bonchev–Trinajstić information content (AvgIpc) is 2.95. The Hall–Kier alpha value is -2.80. The van der Waals surface area contributed by atoms with Gasteiger partial charge in [0.1, 0.15) is 0 Å². The van der Waals surface area contributed by atoms with E-state index >= 15 is 0 Å². The summed E-state index contributed by atoms with van der Waals surface area (Å²) < 4.78 is 2.15. The monoisotopic (exact) mass is 611 g/mol. The Bertz CT molecular complexity index is 1690. The molecule has 206 valence electrons. The van der Waals surface area contributed by atoms with E-state index < -0.39 is 0 Å². The minimum Gasteiger partial charge on any atom is -0.354 e. The molecule has 5 rings (SSSR count). The number of hydrogen-bond donors (Lipinski definition) is 1. The molecule has 40 heavy (non-hydrogen) atoms. The first-order valence-electron chi connectivity index (χ1n) is 13.2. The molecule has 0 fully saturated rings. The second-order valence-corrected chi connectivity index (χ2v) is 11.0. The zero-order chi connectivity index (χ0) is 28.2. The van der Waals surface area contributed by atoms with Crippen LogP contribution in [0, 0.1) is 0 Å². The lowest BCUT2D eigenvalue weighted by atomic mass is 10.1. The van der Waals surface area contributed by atoms with E-state index in [0.717, 1.165) is 70.9 Å². The van der Waals surface area contributed by atoms with Crippen LogP contribution in [0.3, 0.4) is 0 Å². The molecule has 0 atom stereocenters. The fourth-order valence-corrected chi connectivity index (χ4v) is 5.33. The van der Waals surface area contributed by atoms with Gasteiger partial charge in [-0.1, -0.05) is 72.4 Å². The summed E-state index contributed by atoms with van der Waals surface area (Å²) in [7, 11) is 0. The van der Waals surface area contributed by atoms with E-state index in [1.54, 1.807) is 6.07 Å². The molecule has 1 N–H and O–H groups in total. The largest absolute Gasteiger partial charge is 0.354 e. The highest BCUT2D eigenvalue weighted by atomic mass is 35.5. The molecule has 9 heteroatoms. The van der Waals surface area contributed by atoms with E-state index in [4.69, 9.17) is 56.4 Å². The number of aromatic nitrogens is 2. The van der Waals surface area contributed by atoms with Crippen molar-refractivity contribution >= 4 is 68.8 Å². The minimum absolute atomic E-state index is 0.478.